The van der Waals surface area contributed by atoms with Gasteiger partial charge < -0.3 is 29.6 Å². The summed E-state index contributed by atoms with van der Waals surface area (Å²) in [6, 6.07) is 4.30. The molecule has 204 valence electrons. The van der Waals surface area contributed by atoms with E-state index in [4.69, 9.17) is 21.1 Å². The van der Waals surface area contributed by atoms with Crippen molar-refractivity contribution in [2.75, 3.05) is 57.6 Å². The first-order valence-electron chi connectivity index (χ1n) is 12.8. The summed E-state index contributed by atoms with van der Waals surface area (Å²) in [7, 11) is 3.40. The summed E-state index contributed by atoms with van der Waals surface area (Å²) < 4.78 is 35.5. The van der Waals surface area contributed by atoms with Crippen LogP contribution < -0.4 is 20.1 Å². The van der Waals surface area contributed by atoms with Crippen molar-refractivity contribution in [3.8, 4) is 5.75 Å². The number of benzene rings is 1. The third kappa shape index (κ3) is 7.75. The Balaban J connectivity index is 1.49. The molecule has 1 saturated carbocycles. The van der Waals surface area contributed by atoms with E-state index in [1.54, 1.807) is 20.4 Å². The first-order valence-corrected chi connectivity index (χ1v) is 14.2. The SMILES string of the molecule is COCCN1CCc2cc(Nc3ncc(Cl)c(N[C@@H]4CCCC[C@@H]4CNS(=O)[O-])n3)c(OC)cc2CC1. The van der Waals surface area contributed by atoms with Crippen LogP contribution in [-0.2, 0) is 28.8 Å². The number of methoxy groups -OCH3 is 2. The standard InChI is InChI=1S/C25H37ClN6O4S/c1-35-12-11-32-9-7-17-13-22(23(36-2)14-18(17)8-10-32)30-25-27-16-20(26)24(31-25)29-21-6-4-3-5-19(21)15-28-37(33)34/h13-14,16,19,21,28H,3-12,15H2,1-2H3,(H,33,34)(H2,27,29,30,31)/p-1/t19-,21-/m1/s1. The number of nitrogens with zero attached hydrogens (tertiary/aromatic N) is 3. The Morgan fingerprint density at radius 2 is 1.95 bits per heavy atom. The molecular weight excluding hydrogens is 516 g/mol. The first-order chi connectivity index (χ1) is 18.0. The molecule has 3 atom stereocenters. The Hall–Kier alpha value is -2.02. The van der Waals surface area contributed by atoms with Gasteiger partial charge in [-0.1, -0.05) is 24.4 Å². The topological polar surface area (TPSA) is 124 Å². The lowest BCUT2D eigenvalue weighted by Gasteiger charge is -2.33. The highest BCUT2D eigenvalue weighted by Crippen LogP contribution is 2.34. The fourth-order valence-corrected chi connectivity index (χ4v) is 5.65. The van der Waals surface area contributed by atoms with Gasteiger partial charge in [0.2, 0.25) is 5.95 Å². The van der Waals surface area contributed by atoms with E-state index in [0.29, 0.717) is 23.3 Å². The molecule has 1 aliphatic heterocycles. The van der Waals surface area contributed by atoms with Crippen LogP contribution in [0.3, 0.4) is 0 Å². The monoisotopic (exact) mass is 551 g/mol. The molecule has 1 fully saturated rings. The molecule has 37 heavy (non-hydrogen) atoms. The Kier molecular flexibility index (Phi) is 10.4. The summed E-state index contributed by atoms with van der Waals surface area (Å²) in [5.74, 6) is 1.83. The van der Waals surface area contributed by atoms with Gasteiger partial charge >= 0.3 is 0 Å². The Morgan fingerprint density at radius 1 is 1.19 bits per heavy atom. The summed E-state index contributed by atoms with van der Waals surface area (Å²) in [4.78, 5) is 11.5. The van der Waals surface area contributed by atoms with Crippen LogP contribution in [-0.4, -0.2) is 76.7 Å². The lowest BCUT2D eigenvalue weighted by Crippen LogP contribution is -2.39. The molecule has 3 N–H and O–H groups in total. The van der Waals surface area contributed by atoms with E-state index < -0.39 is 11.3 Å². The molecule has 0 radical (unpaired) electrons. The zero-order valence-electron chi connectivity index (χ0n) is 21.4. The van der Waals surface area contributed by atoms with Gasteiger partial charge in [-0.2, -0.15) is 4.98 Å². The summed E-state index contributed by atoms with van der Waals surface area (Å²) >= 11 is 4.17. The van der Waals surface area contributed by atoms with Crippen LogP contribution in [0.25, 0.3) is 0 Å². The minimum absolute atomic E-state index is 0.0631. The van der Waals surface area contributed by atoms with Crippen molar-refractivity contribution in [3.05, 3.63) is 34.5 Å². The van der Waals surface area contributed by atoms with Crippen molar-refractivity contribution in [3.63, 3.8) is 0 Å². The highest BCUT2D eigenvalue weighted by atomic mass is 35.5. The van der Waals surface area contributed by atoms with E-state index >= 15 is 0 Å². The largest absolute Gasteiger partial charge is 0.760 e. The predicted octanol–water partition coefficient (Wildman–Crippen LogP) is 3.28. The molecule has 1 aliphatic carbocycles. The number of hydrogen-bond donors (Lipinski definition) is 3. The molecule has 2 aliphatic rings. The molecule has 2 heterocycles. The second kappa shape index (κ2) is 13.7. The molecule has 12 heteroatoms. The number of anilines is 3. The van der Waals surface area contributed by atoms with Crippen LogP contribution in [0.15, 0.2) is 18.3 Å². The average Bonchev–Trinajstić information content (AvgIpc) is 3.10. The van der Waals surface area contributed by atoms with Crippen molar-refractivity contribution in [1.29, 1.82) is 0 Å². The minimum Gasteiger partial charge on any atom is -0.760 e. The molecule has 0 bridgehead atoms. The van der Waals surface area contributed by atoms with Crippen LogP contribution >= 0.6 is 11.6 Å². The zero-order chi connectivity index (χ0) is 26.2. The van der Waals surface area contributed by atoms with Crippen LogP contribution in [0.1, 0.15) is 36.8 Å². The van der Waals surface area contributed by atoms with E-state index in [2.05, 4.69) is 42.4 Å². The minimum atomic E-state index is -2.28. The van der Waals surface area contributed by atoms with Gasteiger partial charge in [-0.25, -0.2) is 9.71 Å². The lowest BCUT2D eigenvalue weighted by molar-refractivity contribution is 0.150. The molecule has 0 amide bonds. The normalized spacial score (nSPS) is 21.1. The van der Waals surface area contributed by atoms with E-state index in [1.165, 1.54) is 11.1 Å². The van der Waals surface area contributed by atoms with Gasteiger partial charge in [-0.15, -0.1) is 0 Å². The van der Waals surface area contributed by atoms with Crippen molar-refractivity contribution in [2.24, 2.45) is 5.92 Å². The molecule has 0 spiro atoms. The fourth-order valence-electron chi connectivity index (χ4n) is 5.15. The summed E-state index contributed by atoms with van der Waals surface area (Å²) in [6.45, 7) is 4.01. The van der Waals surface area contributed by atoms with Crippen LogP contribution in [0.5, 0.6) is 5.75 Å². The summed E-state index contributed by atoms with van der Waals surface area (Å²) in [5.41, 5.74) is 3.37. The van der Waals surface area contributed by atoms with Gasteiger partial charge in [0.15, 0.2) is 5.82 Å². The predicted molar refractivity (Wildman–Crippen MR) is 145 cm³/mol. The van der Waals surface area contributed by atoms with E-state index in [-0.39, 0.29) is 12.0 Å². The second-order valence-corrected chi connectivity index (χ2v) is 10.7. The molecule has 1 aromatic carbocycles. The summed E-state index contributed by atoms with van der Waals surface area (Å²) in [6.07, 6.45) is 7.47. The molecular formula is C25H36ClN6O4S-. The van der Waals surface area contributed by atoms with Gasteiger partial charge in [0.05, 0.1) is 25.6 Å². The maximum Gasteiger partial charge on any atom is 0.229 e. The van der Waals surface area contributed by atoms with Gasteiger partial charge in [-0.05, 0) is 54.9 Å². The van der Waals surface area contributed by atoms with Gasteiger partial charge in [0.25, 0.3) is 0 Å². The highest BCUT2D eigenvalue weighted by molar-refractivity contribution is 7.77. The third-order valence-corrected chi connectivity index (χ3v) is 7.89. The van der Waals surface area contributed by atoms with E-state index in [0.717, 1.165) is 76.2 Å². The molecule has 1 aromatic heterocycles. The van der Waals surface area contributed by atoms with Crippen molar-refractivity contribution < 1.29 is 18.2 Å². The first kappa shape index (κ1) is 28.0. The Bertz CT molecular complexity index is 1080. The maximum absolute atomic E-state index is 11.0. The number of hydrogen-bond acceptors (Lipinski definition) is 9. The Labute approximate surface area is 226 Å². The van der Waals surface area contributed by atoms with Crippen molar-refractivity contribution in [1.82, 2.24) is 19.6 Å². The quantitative estimate of drug-likeness (QED) is 0.361. The van der Waals surface area contributed by atoms with Crippen LogP contribution in [0.2, 0.25) is 5.02 Å². The smallest absolute Gasteiger partial charge is 0.229 e. The number of halogens is 1. The van der Waals surface area contributed by atoms with Gasteiger partial charge in [0.1, 0.15) is 10.8 Å². The average molecular weight is 552 g/mol. The van der Waals surface area contributed by atoms with Crippen molar-refractivity contribution in [2.45, 2.75) is 44.6 Å². The Morgan fingerprint density at radius 3 is 2.68 bits per heavy atom. The number of rotatable bonds is 11. The maximum atomic E-state index is 11.0. The molecule has 10 nitrogen and oxygen atoms in total. The number of nitrogens with one attached hydrogen (secondary N) is 3. The van der Waals surface area contributed by atoms with Crippen LogP contribution in [0.4, 0.5) is 17.5 Å². The van der Waals surface area contributed by atoms with Gasteiger partial charge in [-0.3, -0.25) is 4.21 Å². The molecule has 0 saturated heterocycles. The van der Waals surface area contributed by atoms with Crippen LogP contribution in [0, 0.1) is 5.92 Å². The third-order valence-electron chi connectivity index (χ3n) is 7.21. The lowest BCUT2D eigenvalue weighted by atomic mass is 9.84. The van der Waals surface area contributed by atoms with Crippen molar-refractivity contribution >= 4 is 40.3 Å². The number of fused-ring (bicyclic) bond motifs is 1. The fraction of sp³-hybridized carbons (Fsp3) is 0.600. The van der Waals surface area contributed by atoms with Gasteiger partial charge in [0, 0.05) is 50.6 Å². The highest BCUT2D eigenvalue weighted by Gasteiger charge is 2.26. The molecule has 1 unspecified atom stereocenters. The van der Waals surface area contributed by atoms with E-state index in [9.17, 15) is 8.76 Å². The van der Waals surface area contributed by atoms with E-state index in [1.807, 2.05) is 0 Å². The summed E-state index contributed by atoms with van der Waals surface area (Å²) in [5, 5.41) is 7.19. The number of aromatic nitrogens is 2. The second-order valence-electron chi connectivity index (χ2n) is 9.55. The zero-order valence-corrected chi connectivity index (χ0v) is 23.0. The number of ether oxygens (including phenoxy) is 2. The molecule has 4 rings (SSSR count). The molecule has 2 aromatic rings.